The second-order valence-corrected chi connectivity index (χ2v) is 7.70. The molecular formula is C20H16BrN5O5. The van der Waals surface area contributed by atoms with Crippen LogP contribution < -0.4 is 15.0 Å². The maximum absolute atomic E-state index is 12.8. The summed E-state index contributed by atoms with van der Waals surface area (Å²) >= 11 is 3.41. The lowest BCUT2D eigenvalue weighted by Gasteiger charge is -2.28. The maximum Gasteiger partial charge on any atom is 0.271 e. The molecule has 1 aliphatic rings. The summed E-state index contributed by atoms with van der Waals surface area (Å²) in [5.74, 6) is -0.225. The number of hydrogen-bond donors (Lipinski definition) is 1. The lowest BCUT2D eigenvalue weighted by Crippen LogP contribution is -2.43. The summed E-state index contributed by atoms with van der Waals surface area (Å²) in [6, 6.07) is 13.0. The average Bonchev–Trinajstić information content (AvgIpc) is 3.09. The first-order valence-corrected chi connectivity index (χ1v) is 9.95. The van der Waals surface area contributed by atoms with Crippen molar-refractivity contribution in [1.82, 2.24) is 9.78 Å². The molecule has 2 amide bonds. The zero-order valence-corrected chi connectivity index (χ0v) is 17.8. The molecule has 0 aliphatic carbocycles. The van der Waals surface area contributed by atoms with Gasteiger partial charge in [-0.3, -0.25) is 24.6 Å². The van der Waals surface area contributed by atoms with Gasteiger partial charge in [-0.1, -0.05) is 22.0 Å². The first-order chi connectivity index (χ1) is 14.8. The summed E-state index contributed by atoms with van der Waals surface area (Å²) in [6.45, 7) is 1.21. The van der Waals surface area contributed by atoms with Crippen molar-refractivity contribution in [1.29, 1.82) is 0 Å². The second kappa shape index (κ2) is 8.19. The van der Waals surface area contributed by atoms with Gasteiger partial charge in [0.05, 0.1) is 22.0 Å². The number of nitrogens with one attached hydrogen (secondary N) is 1. The Morgan fingerprint density at radius 1 is 1.29 bits per heavy atom. The van der Waals surface area contributed by atoms with E-state index in [4.69, 9.17) is 4.74 Å². The van der Waals surface area contributed by atoms with Crippen LogP contribution in [0.15, 0.2) is 53.0 Å². The van der Waals surface area contributed by atoms with Crippen LogP contribution in [-0.2, 0) is 9.59 Å². The topological polar surface area (TPSA) is 120 Å². The quantitative estimate of drug-likeness (QED) is 0.437. The van der Waals surface area contributed by atoms with Gasteiger partial charge in [0.2, 0.25) is 5.91 Å². The number of carbonyl (C=O) groups is 2. The molecule has 31 heavy (non-hydrogen) atoms. The van der Waals surface area contributed by atoms with Crippen molar-refractivity contribution in [2.24, 2.45) is 0 Å². The Bertz CT molecular complexity index is 1210. The minimum atomic E-state index is -0.572. The molecule has 158 valence electrons. The number of anilines is 2. The van der Waals surface area contributed by atoms with Crippen LogP contribution in [0.3, 0.4) is 0 Å². The standard InChI is InChI=1S/C20H16BrN5O5/c1-12-7-18(25(23-12)14-4-2-3-13(21)8-14)22-19(27)10-24-16-9-15(26(29)30)5-6-17(16)31-11-20(24)28/h2-9H,10-11H2,1H3,(H,22,27). The third-order valence-electron chi connectivity index (χ3n) is 4.55. The molecule has 2 aromatic carbocycles. The number of non-ortho nitro benzene ring substituents is 1. The van der Waals surface area contributed by atoms with E-state index in [1.807, 2.05) is 24.3 Å². The van der Waals surface area contributed by atoms with Gasteiger partial charge in [0.15, 0.2) is 6.61 Å². The van der Waals surface area contributed by atoms with Crippen LogP contribution in [0.2, 0.25) is 0 Å². The summed E-state index contributed by atoms with van der Waals surface area (Å²) in [7, 11) is 0. The highest BCUT2D eigenvalue weighted by Gasteiger charge is 2.29. The molecule has 2 heterocycles. The monoisotopic (exact) mass is 485 g/mol. The average molecular weight is 486 g/mol. The third kappa shape index (κ3) is 4.26. The summed E-state index contributed by atoms with van der Waals surface area (Å²) in [6.07, 6.45) is 0. The first kappa shape index (κ1) is 20.5. The van der Waals surface area contributed by atoms with Crippen molar-refractivity contribution >= 4 is 44.9 Å². The summed E-state index contributed by atoms with van der Waals surface area (Å²) in [4.78, 5) is 36.9. The normalized spacial score (nSPS) is 12.8. The lowest BCUT2D eigenvalue weighted by molar-refractivity contribution is -0.384. The van der Waals surface area contributed by atoms with E-state index < -0.39 is 16.7 Å². The zero-order valence-electron chi connectivity index (χ0n) is 16.2. The van der Waals surface area contributed by atoms with Crippen LogP contribution in [0.1, 0.15) is 5.69 Å². The van der Waals surface area contributed by atoms with E-state index in [0.29, 0.717) is 17.3 Å². The number of amides is 2. The highest BCUT2D eigenvalue weighted by molar-refractivity contribution is 9.10. The van der Waals surface area contributed by atoms with E-state index in [0.717, 1.165) is 10.2 Å². The third-order valence-corrected chi connectivity index (χ3v) is 5.04. The Morgan fingerprint density at radius 3 is 2.84 bits per heavy atom. The number of rotatable bonds is 5. The largest absolute Gasteiger partial charge is 0.482 e. The molecule has 0 unspecified atom stereocenters. The first-order valence-electron chi connectivity index (χ1n) is 9.16. The second-order valence-electron chi connectivity index (χ2n) is 6.79. The number of fused-ring (bicyclic) bond motifs is 1. The van der Waals surface area contributed by atoms with Gasteiger partial charge in [0.25, 0.3) is 11.6 Å². The minimum Gasteiger partial charge on any atom is -0.482 e. The van der Waals surface area contributed by atoms with Crippen molar-refractivity contribution in [2.75, 3.05) is 23.4 Å². The number of ether oxygens (including phenoxy) is 1. The number of nitrogens with zero attached hydrogens (tertiary/aromatic N) is 4. The molecule has 0 bridgehead atoms. The molecule has 0 spiro atoms. The number of carbonyl (C=O) groups excluding carboxylic acids is 2. The predicted octanol–water partition coefficient (Wildman–Crippen LogP) is 3.22. The van der Waals surface area contributed by atoms with E-state index in [2.05, 4.69) is 26.3 Å². The molecule has 0 saturated carbocycles. The maximum atomic E-state index is 12.8. The van der Waals surface area contributed by atoms with Gasteiger partial charge >= 0.3 is 0 Å². The smallest absolute Gasteiger partial charge is 0.271 e. The van der Waals surface area contributed by atoms with Crippen LogP contribution >= 0.6 is 15.9 Å². The fourth-order valence-corrected chi connectivity index (χ4v) is 3.58. The Labute approximate surface area is 184 Å². The molecule has 10 nitrogen and oxygen atoms in total. The number of nitro benzene ring substituents is 1. The fraction of sp³-hybridized carbons (Fsp3) is 0.150. The highest BCUT2D eigenvalue weighted by Crippen LogP contribution is 2.35. The predicted molar refractivity (Wildman–Crippen MR) is 116 cm³/mol. The van der Waals surface area contributed by atoms with Gasteiger partial charge in [-0.15, -0.1) is 0 Å². The van der Waals surface area contributed by atoms with Crippen LogP contribution in [0.4, 0.5) is 17.2 Å². The number of benzene rings is 2. The van der Waals surface area contributed by atoms with Gasteiger partial charge in [0, 0.05) is 22.7 Å². The molecule has 1 aromatic heterocycles. The van der Waals surface area contributed by atoms with Gasteiger partial charge in [0.1, 0.15) is 18.1 Å². The van der Waals surface area contributed by atoms with Gasteiger partial charge in [-0.2, -0.15) is 5.10 Å². The molecule has 0 atom stereocenters. The molecule has 0 saturated heterocycles. The highest BCUT2D eigenvalue weighted by atomic mass is 79.9. The van der Waals surface area contributed by atoms with Crippen molar-refractivity contribution in [3.05, 3.63) is 68.8 Å². The number of halogens is 1. The van der Waals surface area contributed by atoms with Crippen molar-refractivity contribution < 1.29 is 19.2 Å². The molecule has 0 fully saturated rings. The van der Waals surface area contributed by atoms with Crippen molar-refractivity contribution in [3.8, 4) is 11.4 Å². The minimum absolute atomic E-state index is 0.178. The Hall–Kier alpha value is -3.73. The van der Waals surface area contributed by atoms with E-state index in [1.54, 1.807) is 17.7 Å². The van der Waals surface area contributed by atoms with Crippen LogP contribution in [-0.4, -0.2) is 39.7 Å². The zero-order chi connectivity index (χ0) is 22.1. The SMILES string of the molecule is Cc1cc(NC(=O)CN2C(=O)COc3ccc([N+](=O)[O-])cc32)n(-c2cccc(Br)c2)n1. The van der Waals surface area contributed by atoms with Crippen LogP contribution in [0.5, 0.6) is 5.75 Å². The summed E-state index contributed by atoms with van der Waals surface area (Å²) < 4.78 is 7.76. The molecule has 4 rings (SSSR count). The molecular weight excluding hydrogens is 470 g/mol. The number of hydrogen-bond acceptors (Lipinski definition) is 6. The Balaban J connectivity index is 1.59. The molecule has 1 N–H and O–H groups in total. The van der Waals surface area contributed by atoms with Gasteiger partial charge in [-0.05, 0) is 31.2 Å². The number of aryl methyl sites for hydroxylation is 1. The van der Waals surface area contributed by atoms with Crippen molar-refractivity contribution in [3.63, 3.8) is 0 Å². The molecule has 1 aliphatic heterocycles. The molecule has 11 heteroatoms. The van der Waals surface area contributed by atoms with E-state index in [1.165, 1.54) is 23.1 Å². The fourth-order valence-electron chi connectivity index (χ4n) is 3.20. The van der Waals surface area contributed by atoms with Crippen LogP contribution in [0.25, 0.3) is 5.69 Å². The van der Waals surface area contributed by atoms with Crippen molar-refractivity contribution in [2.45, 2.75) is 6.92 Å². The van der Waals surface area contributed by atoms with Crippen LogP contribution in [0, 0.1) is 17.0 Å². The van der Waals surface area contributed by atoms with E-state index >= 15 is 0 Å². The van der Waals surface area contributed by atoms with Gasteiger partial charge < -0.3 is 10.1 Å². The Morgan fingerprint density at radius 2 is 2.10 bits per heavy atom. The molecule has 3 aromatic rings. The van der Waals surface area contributed by atoms with E-state index in [9.17, 15) is 19.7 Å². The lowest BCUT2D eigenvalue weighted by atomic mass is 10.2. The van der Waals surface area contributed by atoms with E-state index in [-0.39, 0.29) is 24.5 Å². The Kier molecular flexibility index (Phi) is 5.42. The molecule has 0 radical (unpaired) electrons. The number of aromatic nitrogens is 2. The summed E-state index contributed by atoms with van der Waals surface area (Å²) in [5, 5.41) is 18.3. The summed E-state index contributed by atoms with van der Waals surface area (Å²) in [5.41, 5.74) is 1.41. The number of nitro groups is 1. The van der Waals surface area contributed by atoms with Gasteiger partial charge in [-0.25, -0.2) is 4.68 Å².